The quantitative estimate of drug-likeness (QED) is 0.750. The van der Waals surface area contributed by atoms with E-state index in [9.17, 15) is 9.59 Å². The molecular formula is C16H24ClN3O2. The van der Waals surface area contributed by atoms with Crippen molar-refractivity contribution >= 4 is 29.9 Å². The molecule has 1 unspecified atom stereocenters. The number of halogens is 1. The van der Waals surface area contributed by atoms with Crippen molar-refractivity contribution in [3.63, 3.8) is 0 Å². The van der Waals surface area contributed by atoms with Gasteiger partial charge in [0.05, 0.1) is 0 Å². The molecule has 0 aromatic heterocycles. The van der Waals surface area contributed by atoms with Crippen LogP contribution in [0.5, 0.6) is 0 Å². The van der Waals surface area contributed by atoms with Crippen molar-refractivity contribution in [1.29, 1.82) is 0 Å². The molecule has 1 heterocycles. The largest absolute Gasteiger partial charge is 0.352 e. The molecule has 1 aromatic rings. The Labute approximate surface area is 137 Å². The van der Waals surface area contributed by atoms with Crippen molar-refractivity contribution in [1.82, 2.24) is 10.6 Å². The minimum absolute atomic E-state index is 0. The van der Waals surface area contributed by atoms with Gasteiger partial charge in [-0.2, -0.15) is 0 Å². The van der Waals surface area contributed by atoms with Gasteiger partial charge in [-0.1, -0.05) is 12.1 Å². The number of nitrogens with one attached hydrogen (secondary N) is 3. The lowest BCUT2D eigenvalue weighted by Crippen LogP contribution is -2.19. The van der Waals surface area contributed by atoms with Gasteiger partial charge in [0.15, 0.2) is 0 Å². The number of rotatable bonds is 6. The molecule has 3 N–H and O–H groups in total. The van der Waals surface area contributed by atoms with Crippen LogP contribution in [0.1, 0.15) is 31.7 Å². The third kappa shape index (κ3) is 6.45. The molecule has 0 bridgehead atoms. The summed E-state index contributed by atoms with van der Waals surface area (Å²) >= 11 is 0. The molecule has 0 radical (unpaired) electrons. The first-order valence-corrected chi connectivity index (χ1v) is 7.47. The molecule has 1 aliphatic rings. The highest BCUT2D eigenvalue weighted by Crippen LogP contribution is 2.15. The predicted molar refractivity (Wildman–Crippen MR) is 90.1 cm³/mol. The van der Waals surface area contributed by atoms with E-state index in [1.165, 1.54) is 13.3 Å². The molecule has 2 amide bonds. The maximum Gasteiger partial charge on any atom is 0.224 e. The van der Waals surface area contributed by atoms with Gasteiger partial charge in [0.2, 0.25) is 11.8 Å². The lowest BCUT2D eigenvalue weighted by atomic mass is 10.0. The van der Waals surface area contributed by atoms with E-state index >= 15 is 0 Å². The van der Waals surface area contributed by atoms with Crippen LogP contribution in [0.2, 0.25) is 0 Å². The topological polar surface area (TPSA) is 70.2 Å². The number of anilines is 1. The fraction of sp³-hybridized carbons (Fsp3) is 0.500. The Balaban J connectivity index is 0.00000242. The van der Waals surface area contributed by atoms with Crippen LogP contribution >= 0.6 is 12.4 Å². The Kier molecular flexibility index (Phi) is 7.91. The molecule has 1 atom stereocenters. The van der Waals surface area contributed by atoms with Crippen LogP contribution in [0, 0.1) is 5.92 Å². The highest BCUT2D eigenvalue weighted by Gasteiger charge is 2.15. The maximum atomic E-state index is 11.9. The van der Waals surface area contributed by atoms with Crippen LogP contribution in [-0.4, -0.2) is 24.9 Å². The Hall–Kier alpha value is -1.59. The predicted octanol–water partition coefficient (Wildman–Crippen LogP) is 2.07. The third-order valence-electron chi connectivity index (χ3n) is 3.72. The summed E-state index contributed by atoms with van der Waals surface area (Å²) in [5, 5.41) is 8.96. The first kappa shape index (κ1) is 18.5. The summed E-state index contributed by atoms with van der Waals surface area (Å²) in [6.07, 6.45) is 2.69. The molecule has 1 saturated heterocycles. The van der Waals surface area contributed by atoms with Crippen molar-refractivity contribution < 1.29 is 9.59 Å². The van der Waals surface area contributed by atoms with E-state index in [1.807, 2.05) is 24.3 Å². The lowest BCUT2D eigenvalue weighted by Gasteiger charge is -2.09. The van der Waals surface area contributed by atoms with Crippen molar-refractivity contribution in [3.05, 3.63) is 29.8 Å². The van der Waals surface area contributed by atoms with Gasteiger partial charge in [-0.25, -0.2) is 0 Å². The standard InChI is InChI=1S/C16H23N3O2.ClH/c1-12(20)18-11-13-2-5-15(6-3-13)19-16(21)7-4-14-8-9-17-10-14;/h2-3,5-6,14,17H,4,7-11H2,1H3,(H,18,20)(H,19,21);1H. The summed E-state index contributed by atoms with van der Waals surface area (Å²) in [5.74, 6) is 0.654. The average molecular weight is 326 g/mol. The molecule has 1 aliphatic heterocycles. The average Bonchev–Trinajstić information content (AvgIpc) is 2.98. The molecule has 122 valence electrons. The van der Waals surface area contributed by atoms with Crippen LogP contribution in [0.25, 0.3) is 0 Å². The summed E-state index contributed by atoms with van der Waals surface area (Å²) in [7, 11) is 0. The smallest absolute Gasteiger partial charge is 0.224 e. The number of carbonyl (C=O) groups is 2. The highest BCUT2D eigenvalue weighted by molar-refractivity contribution is 5.90. The van der Waals surface area contributed by atoms with E-state index in [-0.39, 0.29) is 24.2 Å². The number of amides is 2. The van der Waals surface area contributed by atoms with E-state index in [0.717, 1.165) is 30.8 Å². The van der Waals surface area contributed by atoms with E-state index < -0.39 is 0 Å². The zero-order valence-electron chi connectivity index (χ0n) is 12.9. The summed E-state index contributed by atoms with van der Waals surface area (Å²) in [6.45, 7) is 4.11. The summed E-state index contributed by atoms with van der Waals surface area (Å²) in [5.41, 5.74) is 1.82. The first-order valence-electron chi connectivity index (χ1n) is 7.47. The second kappa shape index (κ2) is 9.43. The normalized spacial score (nSPS) is 16.7. The van der Waals surface area contributed by atoms with E-state index in [1.54, 1.807) is 0 Å². The van der Waals surface area contributed by atoms with E-state index in [0.29, 0.717) is 18.9 Å². The van der Waals surface area contributed by atoms with E-state index in [2.05, 4.69) is 16.0 Å². The van der Waals surface area contributed by atoms with Crippen LogP contribution in [0.15, 0.2) is 24.3 Å². The van der Waals surface area contributed by atoms with Gasteiger partial charge < -0.3 is 16.0 Å². The zero-order valence-corrected chi connectivity index (χ0v) is 13.7. The third-order valence-corrected chi connectivity index (χ3v) is 3.72. The van der Waals surface area contributed by atoms with Crippen molar-refractivity contribution in [3.8, 4) is 0 Å². The first-order chi connectivity index (χ1) is 10.1. The number of carbonyl (C=O) groups excluding carboxylic acids is 2. The summed E-state index contributed by atoms with van der Waals surface area (Å²) < 4.78 is 0. The highest BCUT2D eigenvalue weighted by atomic mass is 35.5. The van der Waals surface area contributed by atoms with Crippen LogP contribution in [-0.2, 0) is 16.1 Å². The van der Waals surface area contributed by atoms with Crippen LogP contribution < -0.4 is 16.0 Å². The second-order valence-electron chi connectivity index (χ2n) is 5.55. The molecule has 0 saturated carbocycles. The van der Waals surface area contributed by atoms with Gasteiger partial charge in [-0.3, -0.25) is 9.59 Å². The fourth-order valence-corrected chi connectivity index (χ4v) is 2.45. The molecule has 1 aromatic carbocycles. The van der Waals surface area contributed by atoms with Crippen LogP contribution in [0.4, 0.5) is 5.69 Å². The Morgan fingerprint density at radius 2 is 2.00 bits per heavy atom. The number of benzene rings is 1. The SMILES string of the molecule is CC(=O)NCc1ccc(NC(=O)CCC2CCNC2)cc1.Cl. The molecule has 2 rings (SSSR count). The molecule has 22 heavy (non-hydrogen) atoms. The van der Waals surface area contributed by atoms with Crippen LogP contribution in [0.3, 0.4) is 0 Å². The van der Waals surface area contributed by atoms with Gasteiger partial charge in [-0.15, -0.1) is 12.4 Å². The van der Waals surface area contributed by atoms with Crippen molar-refractivity contribution in [2.45, 2.75) is 32.7 Å². The Bertz CT molecular complexity index is 485. The molecule has 0 spiro atoms. The van der Waals surface area contributed by atoms with Gasteiger partial charge >= 0.3 is 0 Å². The fourth-order valence-electron chi connectivity index (χ4n) is 2.45. The molecule has 1 fully saturated rings. The number of hydrogen-bond acceptors (Lipinski definition) is 3. The summed E-state index contributed by atoms with van der Waals surface area (Å²) in [6, 6.07) is 7.55. The van der Waals surface area contributed by atoms with Crippen molar-refractivity contribution in [2.24, 2.45) is 5.92 Å². The van der Waals surface area contributed by atoms with Gasteiger partial charge in [0.25, 0.3) is 0 Å². The van der Waals surface area contributed by atoms with Crippen molar-refractivity contribution in [2.75, 3.05) is 18.4 Å². The summed E-state index contributed by atoms with van der Waals surface area (Å²) in [4.78, 5) is 22.7. The lowest BCUT2D eigenvalue weighted by molar-refractivity contribution is -0.119. The van der Waals surface area contributed by atoms with Gasteiger partial charge in [0.1, 0.15) is 0 Å². The second-order valence-corrected chi connectivity index (χ2v) is 5.55. The Morgan fingerprint density at radius 3 is 2.59 bits per heavy atom. The molecular weight excluding hydrogens is 302 g/mol. The minimum atomic E-state index is -0.0474. The molecule has 6 heteroatoms. The molecule has 0 aliphatic carbocycles. The number of hydrogen-bond donors (Lipinski definition) is 3. The Morgan fingerprint density at radius 1 is 1.27 bits per heavy atom. The van der Waals surface area contributed by atoms with E-state index in [4.69, 9.17) is 0 Å². The maximum absolute atomic E-state index is 11.9. The van der Waals surface area contributed by atoms with Gasteiger partial charge in [0, 0.05) is 25.6 Å². The minimum Gasteiger partial charge on any atom is -0.352 e. The molecule has 5 nitrogen and oxygen atoms in total. The van der Waals surface area contributed by atoms with Gasteiger partial charge in [-0.05, 0) is 49.5 Å². The monoisotopic (exact) mass is 325 g/mol. The zero-order chi connectivity index (χ0) is 15.1.